The molecule has 132 valence electrons. The number of hydrogen-bond acceptors (Lipinski definition) is 3. The number of non-ortho nitro benzene ring substituents is 1. The number of aromatic nitrogens is 1. The average molecular weight is 349 g/mol. The van der Waals surface area contributed by atoms with Gasteiger partial charge in [-0.25, -0.2) is 0 Å². The zero-order valence-electron chi connectivity index (χ0n) is 14.4. The third-order valence-corrected chi connectivity index (χ3v) is 4.12. The Balaban J connectivity index is 1.56. The van der Waals surface area contributed by atoms with Crippen LogP contribution in [0.3, 0.4) is 0 Å². The van der Waals surface area contributed by atoms with Gasteiger partial charge in [-0.15, -0.1) is 0 Å². The van der Waals surface area contributed by atoms with E-state index in [1.807, 2.05) is 6.20 Å². The van der Waals surface area contributed by atoms with E-state index in [4.69, 9.17) is 0 Å². The summed E-state index contributed by atoms with van der Waals surface area (Å²) in [5.41, 5.74) is 4.06. The number of nitrogens with one attached hydrogen (secondary N) is 2. The molecule has 26 heavy (non-hydrogen) atoms. The van der Waals surface area contributed by atoms with Crippen molar-refractivity contribution in [2.24, 2.45) is 0 Å². The molecule has 0 aliphatic carbocycles. The number of nitro groups is 1. The summed E-state index contributed by atoms with van der Waals surface area (Å²) in [5.74, 6) is -0.229. The third kappa shape index (κ3) is 4.16. The van der Waals surface area contributed by atoms with Gasteiger partial charge >= 0.3 is 0 Å². The second-order valence-electron chi connectivity index (χ2n) is 6.09. The van der Waals surface area contributed by atoms with Crippen molar-refractivity contribution >= 4 is 28.6 Å². The van der Waals surface area contributed by atoms with Crippen molar-refractivity contribution in [1.82, 2.24) is 10.3 Å². The van der Waals surface area contributed by atoms with Gasteiger partial charge in [0, 0.05) is 41.9 Å². The summed E-state index contributed by atoms with van der Waals surface area (Å²) in [7, 11) is 0. The number of amides is 1. The van der Waals surface area contributed by atoms with Crippen LogP contribution in [0.15, 0.2) is 54.7 Å². The van der Waals surface area contributed by atoms with Gasteiger partial charge in [-0.3, -0.25) is 14.9 Å². The number of aryl methyl sites for hydroxylation is 1. The van der Waals surface area contributed by atoms with Gasteiger partial charge in [0.15, 0.2) is 0 Å². The van der Waals surface area contributed by atoms with Gasteiger partial charge in [0.1, 0.15) is 0 Å². The molecule has 0 radical (unpaired) electrons. The Labute approximate surface area is 150 Å². The zero-order valence-corrected chi connectivity index (χ0v) is 14.4. The minimum Gasteiger partial charge on any atom is -0.361 e. The zero-order chi connectivity index (χ0) is 18.5. The lowest BCUT2D eigenvalue weighted by molar-refractivity contribution is -0.384. The monoisotopic (exact) mass is 349 g/mol. The SMILES string of the molecule is Cc1ccc2[nH]cc(CCNC(=O)C=Cc3cccc([N+](=O)[O-])c3)c2c1. The van der Waals surface area contributed by atoms with Crippen LogP contribution in [0, 0.1) is 17.0 Å². The molecule has 3 aromatic rings. The number of nitro benzene ring substituents is 1. The van der Waals surface area contributed by atoms with E-state index in [-0.39, 0.29) is 11.6 Å². The van der Waals surface area contributed by atoms with Crippen molar-refractivity contribution in [3.05, 3.63) is 81.5 Å². The van der Waals surface area contributed by atoms with Crippen molar-refractivity contribution in [2.75, 3.05) is 6.54 Å². The second-order valence-corrected chi connectivity index (χ2v) is 6.09. The van der Waals surface area contributed by atoms with Crippen LogP contribution < -0.4 is 5.32 Å². The second kappa shape index (κ2) is 7.65. The first-order chi connectivity index (χ1) is 12.5. The summed E-state index contributed by atoms with van der Waals surface area (Å²) < 4.78 is 0. The molecule has 0 aliphatic heterocycles. The van der Waals surface area contributed by atoms with Gasteiger partial charge in [-0.2, -0.15) is 0 Å². The lowest BCUT2D eigenvalue weighted by atomic mass is 10.1. The van der Waals surface area contributed by atoms with E-state index in [2.05, 4.69) is 35.4 Å². The third-order valence-electron chi connectivity index (χ3n) is 4.12. The summed E-state index contributed by atoms with van der Waals surface area (Å²) in [5, 5.41) is 14.8. The highest BCUT2D eigenvalue weighted by atomic mass is 16.6. The van der Waals surface area contributed by atoms with E-state index in [1.54, 1.807) is 18.2 Å². The van der Waals surface area contributed by atoms with Gasteiger partial charge < -0.3 is 10.3 Å². The maximum Gasteiger partial charge on any atom is 0.270 e. The fourth-order valence-corrected chi connectivity index (χ4v) is 2.79. The summed E-state index contributed by atoms with van der Waals surface area (Å²) in [4.78, 5) is 25.5. The van der Waals surface area contributed by atoms with E-state index >= 15 is 0 Å². The molecule has 0 bridgehead atoms. The number of fused-ring (bicyclic) bond motifs is 1. The molecule has 2 aromatic carbocycles. The van der Waals surface area contributed by atoms with E-state index in [1.165, 1.54) is 29.2 Å². The number of benzene rings is 2. The topological polar surface area (TPSA) is 88.0 Å². The highest BCUT2D eigenvalue weighted by molar-refractivity contribution is 5.91. The van der Waals surface area contributed by atoms with E-state index < -0.39 is 4.92 Å². The number of nitrogens with zero attached hydrogens (tertiary/aromatic N) is 1. The van der Waals surface area contributed by atoms with Crippen LogP contribution >= 0.6 is 0 Å². The molecule has 0 atom stereocenters. The molecule has 6 nitrogen and oxygen atoms in total. The van der Waals surface area contributed by atoms with E-state index in [9.17, 15) is 14.9 Å². The van der Waals surface area contributed by atoms with E-state index in [0.717, 1.165) is 17.5 Å². The number of rotatable bonds is 6. The van der Waals surface area contributed by atoms with Crippen LogP contribution in [-0.4, -0.2) is 22.4 Å². The van der Waals surface area contributed by atoms with Gasteiger partial charge in [-0.05, 0) is 42.7 Å². The lowest BCUT2D eigenvalue weighted by Crippen LogP contribution is -2.23. The predicted molar refractivity (Wildman–Crippen MR) is 102 cm³/mol. The normalized spacial score (nSPS) is 11.1. The van der Waals surface area contributed by atoms with Crippen molar-refractivity contribution in [3.8, 4) is 0 Å². The first kappa shape index (κ1) is 17.4. The summed E-state index contributed by atoms with van der Waals surface area (Å²) in [6.45, 7) is 2.57. The van der Waals surface area contributed by atoms with Crippen LogP contribution in [0.2, 0.25) is 0 Å². The molecule has 0 fully saturated rings. The average Bonchev–Trinajstić information content (AvgIpc) is 3.02. The molecule has 6 heteroatoms. The Hall–Kier alpha value is -3.41. The highest BCUT2D eigenvalue weighted by Gasteiger charge is 2.05. The van der Waals surface area contributed by atoms with Crippen LogP contribution in [0.25, 0.3) is 17.0 Å². The Morgan fingerprint density at radius 2 is 2.12 bits per heavy atom. The fourth-order valence-electron chi connectivity index (χ4n) is 2.79. The Kier molecular flexibility index (Phi) is 5.12. The number of aromatic amines is 1. The number of carbonyl (C=O) groups excluding carboxylic acids is 1. The molecule has 1 heterocycles. The molecule has 0 spiro atoms. The summed E-state index contributed by atoms with van der Waals surface area (Å²) in [6.07, 6.45) is 5.64. The molecule has 0 saturated heterocycles. The van der Waals surface area contributed by atoms with Crippen molar-refractivity contribution in [1.29, 1.82) is 0 Å². The number of H-pyrrole nitrogens is 1. The van der Waals surface area contributed by atoms with Crippen LogP contribution in [-0.2, 0) is 11.2 Å². The fraction of sp³-hybridized carbons (Fsp3) is 0.150. The van der Waals surface area contributed by atoms with E-state index in [0.29, 0.717) is 12.1 Å². The molecule has 1 amide bonds. The van der Waals surface area contributed by atoms with Crippen LogP contribution in [0.5, 0.6) is 0 Å². The van der Waals surface area contributed by atoms with Crippen LogP contribution in [0.4, 0.5) is 5.69 Å². The molecular weight excluding hydrogens is 330 g/mol. The molecule has 1 aromatic heterocycles. The number of hydrogen-bond donors (Lipinski definition) is 2. The maximum atomic E-state index is 11.9. The quantitative estimate of drug-likeness (QED) is 0.403. The molecule has 0 unspecified atom stereocenters. The largest absolute Gasteiger partial charge is 0.361 e. The minimum atomic E-state index is -0.458. The van der Waals surface area contributed by atoms with Gasteiger partial charge in [0.25, 0.3) is 5.69 Å². The standard InChI is InChI=1S/C20H19N3O3/c1-14-5-7-19-18(11-14)16(13-22-19)9-10-21-20(24)8-6-15-3-2-4-17(12-15)23(25)26/h2-8,11-13,22H,9-10H2,1H3,(H,21,24). The Morgan fingerprint density at radius 1 is 1.27 bits per heavy atom. The van der Waals surface area contributed by atoms with Crippen LogP contribution in [0.1, 0.15) is 16.7 Å². The molecule has 0 saturated carbocycles. The smallest absolute Gasteiger partial charge is 0.270 e. The van der Waals surface area contributed by atoms with Crippen molar-refractivity contribution in [3.63, 3.8) is 0 Å². The van der Waals surface area contributed by atoms with Gasteiger partial charge in [-0.1, -0.05) is 23.8 Å². The molecule has 0 aliphatic rings. The summed E-state index contributed by atoms with van der Waals surface area (Å²) in [6, 6.07) is 12.4. The predicted octanol–water partition coefficient (Wildman–Crippen LogP) is 3.76. The Morgan fingerprint density at radius 3 is 2.92 bits per heavy atom. The first-order valence-electron chi connectivity index (χ1n) is 8.30. The van der Waals surface area contributed by atoms with Crippen molar-refractivity contribution < 1.29 is 9.72 Å². The molecule has 2 N–H and O–H groups in total. The van der Waals surface area contributed by atoms with Crippen molar-refractivity contribution in [2.45, 2.75) is 13.3 Å². The lowest BCUT2D eigenvalue weighted by Gasteiger charge is -2.02. The summed E-state index contributed by atoms with van der Waals surface area (Å²) >= 11 is 0. The molecule has 3 rings (SSSR count). The van der Waals surface area contributed by atoms with Gasteiger partial charge in [0.2, 0.25) is 5.91 Å². The molecular formula is C20H19N3O3. The first-order valence-corrected chi connectivity index (χ1v) is 8.30. The minimum absolute atomic E-state index is 0.00203. The Bertz CT molecular complexity index is 989. The highest BCUT2D eigenvalue weighted by Crippen LogP contribution is 2.19. The number of carbonyl (C=O) groups is 1. The van der Waals surface area contributed by atoms with Gasteiger partial charge in [0.05, 0.1) is 4.92 Å². The maximum absolute atomic E-state index is 11.9.